The number of carbonyl (C=O) groups excluding carboxylic acids is 1. The molecule has 1 saturated carbocycles. The molecule has 0 saturated heterocycles. The number of nitrogens with one attached hydrogen (secondary N) is 1. The van der Waals surface area contributed by atoms with Crippen LogP contribution in [-0.2, 0) is 11.2 Å². The number of carbonyl (C=O) groups is 1. The van der Waals surface area contributed by atoms with Gasteiger partial charge in [0.1, 0.15) is 0 Å². The van der Waals surface area contributed by atoms with Gasteiger partial charge in [-0.1, -0.05) is 6.07 Å². The molecule has 94 valence electrons. The highest BCUT2D eigenvalue weighted by Gasteiger charge is 2.29. The highest BCUT2D eigenvalue weighted by atomic mass is 32.1. The van der Waals surface area contributed by atoms with Crippen molar-refractivity contribution >= 4 is 17.2 Å². The molecule has 0 aromatic carbocycles. The van der Waals surface area contributed by atoms with E-state index in [1.807, 2.05) is 17.5 Å². The fourth-order valence-electron chi connectivity index (χ4n) is 1.64. The first kappa shape index (κ1) is 11.4. The Morgan fingerprint density at radius 3 is 3.11 bits per heavy atom. The predicted octanol–water partition coefficient (Wildman–Crippen LogP) is 1.87. The molecule has 0 bridgehead atoms. The molecule has 2 heterocycles. The monoisotopic (exact) mass is 263 g/mol. The van der Waals surface area contributed by atoms with Crippen molar-refractivity contribution in [3.8, 4) is 10.8 Å². The van der Waals surface area contributed by atoms with Gasteiger partial charge in [0, 0.05) is 18.9 Å². The largest absolute Gasteiger partial charge is 0.420 e. The summed E-state index contributed by atoms with van der Waals surface area (Å²) >= 11 is 1.56. The van der Waals surface area contributed by atoms with E-state index < -0.39 is 0 Å². The number of hydrogen-bond donors (Lipinski definition) is 1. The molecule has 0 radical (unpaired) electrons. The summed E-state index contributed by atoms with van der Waals surface area (Å²) in [4.78, 5) is 12.4. The maximum atomic E-state index is 11.4. The van der Waals surface area contributed by atoms with E-state index in [0.717, 1.165) is 17.7 Å². The summed E-state index contributed by atoms with van der Waals surface area (Å²) in [5.41, 5.74) is 0. The summed E-state index contributed by atoms with van der Waals surface area (Å²) in [5, 5.41) is 12.8. The normalized spacial score (nSPS) is 14.7. The van der Waals surface area contributed by atoms with E-state index in [0.29, 0.717) is 24.7 Å². The Bertz CT molecular complexity index is 531. The van der Waals surface area contributed by atoms with Crippen LogP contribution in [-0.4, -0.2) is 22.6 Å². The number of aromatic nitrogens is 2. The van der Waals surface area contributed by atoms with Gasteiger partial charge in [-0.3, -0.25) is 4.79 Å². The van der Waals surface area contributed by atoms with Gasteiger partial charge >= 0.3 is 0 Å². The van der Waals surface area contributed by atoms with E-state index >= 15 is 0 Å². The van der Waals surface area contributed by atoms with Crippen molar-refractivity contribution in [3.63, 3.8) is 0 Å². The van der Waals surface area contributed by atoms with E-state index in [1.54, 1.807) is 11.3 Å². The van der Waals surface area contributed by atoms with Crippen LogP contribution in [0.5, 0.6) is 0 Å². The average molecular weight is 263 g/mol. The first-order valence-corrected chi connectivity index (χ1v) is 6.85. The average Bonchev–Trinajstić information content (AvgIpc) is 2.90. The van der Waals surface area contributed by atoms with Crippen molar-refractivity contribution < 1.29 is 9.21 Å². The van der Waals surface area contributed by atoms with E-state index in [2.05, 4.69) is 15.5 Å². The van der Waals surface area contributed by atoms with Crippen LogP contribution in [0.25, 0.3) is 10.8 Å². The van der Waals surface area contributed by atoms with Gasteiger partial charge in [0.15, 0.2) is 0 Å². The van der Waals surface area contributed by atoms with Gasteiger partial charge in [0.05, 0.1) is 4.88 Å². The number of rotatable bonds is 5. The Labute approximate surface area is 108 Å². The third kappa shape index (κ3) is 2.59. The Morgan fingerprint density at radius 2 is 2.39 bits per heavy atom. The lowest BCUT2D eigenvalue weighted by Gasteiger charge is -2.00. The molecule has 0 atom stereocenters. The Balaban J connectivity index is 1.52. The fourth-order valence-corrected chi connectivity index (χ4v) is 2.28. The van der Waals surface area contributed by atoms with Crippen molar-refractivity contribution in [2.75, 3.05) is 6.54 Å². The minimum Gasteiger partial charge on any atom is -0.420 e. The summed E-state index contributed by atoms with van der Waals surface area (Å²) in [5.74, 6) is 1.50. The van der Waals surface area contributed by atoms with Crippen LogP contribution >= 0.6 is 11.3 Å². The van der Waals surface area contributed by atoms with Crippen LogP contribution in [0.3, 0.4) is 0 Å². The van der Waals surface area contributed by atoms with E-state index in [1.165, 1.54) is 0 Å². The molecule has 1 aliphatic rings. The van der Waals surface area contributed by atoms with Crippen LogP contribution in [0.4, 0.5) is 0 Å². The Hall–Kier alpha value is -1.69. The summed E-state index contributed by atoms with van der Waals surface area (Å²) in [6.07, 6.45) is 2.63. The minimum atomic E-state index is 0.146. The molecule has 5 nitrogen and oxygen atoms in total. The first-order chi connectivity index (χ1) is 8.83. The molecule has 2 aromatic rings. The molecule has 1 aliphatic carbocycles. The van der Waals surface area contributed by atoms with Crippen LogP contribution in [0.1, 0.15) is 18.7 Å². The van der Waals surface area contributed by atoms with Crippen molar-refractivity contribution in [2.24, 2.45) is 5.92 Å². The lowest BCUT2D eigenvalue weighted by Crippen LogP contribution is -2.26. The number of amides is 1. The molecule has 1 amide bonds. The second kappa shape index (κ2) is 4.89. The van der Waals surface area contributed by atoms with Gasteiger partial charge in [-0.25, -0.2) is 0 Å². The number of nitrogens with zero attached hydrogens (tertiary/aromatic N) is 2. The van der Waals surface area contributed by atoms with Gasteiger partial charge in [0.2, 0.25) is 11.8 Å². The van der Waals surface area contributed by atoms with Crippen molar-refractivity contribution in [3.05, 3.63) is 23.4 Å². The number of thiophene rings is 1. The maximum absolute atomic E-state index is 11.4. The molecule has 0 aliphatic heterocycles. The molecule has 0 spiro atoms. The van der Waals surface area contributed by atoms with Crippen molar-refractivity contribution in [2.45, 2.75) is 19.3 Å². The molecule has 3 rings (SSSR count). The van der Waals surface area contributed by atoms with Crippen LogP contribution in [0.15, 0.2) is 21.9 Å². The van der Waals surface area contributed by atoms with Crippen LogP contribution in [0, 0.1) is 5.92 Å². The van der Waals surface area contributed by atoms with E-state index in [-0.39, 0.29) is 11.8 Å². The molecule has 18 heavy (non-hydrogen) atoms. The summed E-state index contributed by atoms with van der Waals surface area (Å²) in [6, 6.07) is 3.89. The standard InChI is InChI=1S/C12H13N3O2S/c16-11(8-3-4-8)13-6-5-10-14-15-12(17-10)9-2-1-7-18-9/h1-2,7-8H,3-6H2,(H,13,16). The molecule has 1 N–H and O–H groups in total. The predicted molar refractivity (Wildman–Crippen MR) is 67.0 cm³/mol. The number of hydrogen-bond acceptors (Lipinski definition) is 5. The summed E-state index contributed by atoms with van der Waals surface area (Å²) < 4.78 is 5.52. The molecule has 6 heteroatoms. The van der Waals surface area contributed by atoms with Crippen LogP contribution in [0.2, 0.25) is 0 Å². The molecular formula is C12H13N3O2S. The lowest BCUT2D eigenvalue weighted by molar-refractivity contribution is -0.122. The van der Waals surface area contributed by atoms with E-state index in [9.17, 15) is 4.79 Å². The summed E-state index contributed by atoms with van der Waals surface area (Å²) in [6.45, 7) is 0.557. The molecular weight excluding hydrogens is 250 g/mol. The highest BCUT2D eigenvalue weighted by molar-refractivity contribution is 7.13. The van der Waals surface area contributed by atoms with Gasteiger partial charge < -0.3 is 9.73 Å². The second-order valence-electron chi connectivity index (χ2n) is 4.29. The molecule has 0 unspecified atom stereocenters. The third-order valence-electron chi connectivity index (χ3n) is 2.79. The zero-order valence-corrected chi connectivity index (χ0v) is 10.6. The first-order valence-electron chi connectivity index (χ1n) is 5.97. The lowest BCUT2D eigenvalue weighted by atomic mass is 10.3. The highest BCUT2D eigenvalue weighted by Crippen LogP contribution is 2.28. The summed E-state index contributed by atoms with van der Waals surface area (Å²) in [7, 11) is 0. The van der Waals surface area contributed by atoms with Gasteiger partial charge in [-0.2, -0.15) is 0 Å². The zero-order chi connectivity index (χ0) is 12.4. The minimum absolute atomic E-state index is 0.146. The van der Waals surface area contributed by atoms with E-state index in [4.69, 9.17) is 4.42 Å². The second-order valence-corrected chi connectivity index (χ2v) is 5.24. The van der Waals surface area contributed by atoms with Gasteiger partial charge in [-0.05, 0) is 24.3 Å². The van der Waals surface area contributed by atoms with Gasteiger partial charge in [0.25, 0.3) is 5.89 Å². The zero-order valence-electron chi connectivity index (χ0n) is 9.76. The van der Waals surface area contributed by atoms with Crippen LogP contribution < -0.4 is 5.32 Å². The third-order valence-corrected chi connectivity index (χ3v) is 3.64. The van der Waals surface area contributed by atoms with Crippen molar-refractivity contribution in [1.82, 2.24) is 15.5 Å². The quantitative estimate of drug-likeness (QED) is 0.894. The van der Waals surface area contributed by atoms with Gasteiger partial charge in [-0.15, -0.1) is 21.5 Å². The SMILES string of the molecule is O=C(NCCc1nnc(-c2cccs2)o1)C1CC1. The Morgan fingerprint density at radius 1 is 1.50 bits per heavy atom. The van der Waals surface area contributed by atoms with Crippen molar-refractivity contribution in [1.29, 1.82) is 0 Å². The topological polar surface area (TPSA) is 68.0 Å². The smallest absolute Gasteiger partial charge is 0.257 e. The fraction of sp³-hybridized carbons (Fsp3) is 0.417. The molecule has 1 fully saturated rings. The molecule has 2 aromatic heterocycles. The Kier molecular flexibility index (Phi) is 3.10. The maximum Gasteiger partial charge on any atom is 0.257 e.